The van der Waals surface area contributed by atoms with Gasteiger partial charge in [-0.2, -0.15) is 0 Å². The molecule has 0 aromatic heterocycles. The van der Waals surface area contributed by atoms with Crippen LogP contribution in [0.4, 0.5) is 0 Å². The van der Waals surface area contributed by atoms with Gasteiger partial charge in [0.15, 0.2) is 0 Å². The van der Waals surface area contributed by atoms with E-state index in [1.165, 1.54) is 0 Å². The number of hydrogen-bond acceptors (Lipinski definition) is 2. The van der Waals surface area contributed by atoms with Crippen LogP contribution in [0.15, 0.2) is 0 Å². The average Bonchev–Trinajstić information content (AvgIpc) is 1.78. The summed E-state index contributed by atoms with van der Waals surface area (Å²) in [5.41, 5.74) is 0.338. The van der Waals surface area contributed by atoms with Crippen molar-refractivity contribution >= 4 is 11.1 Å². The van der Waals surface area contributed by atoms with Gasteiger partial charge in [-0.15, -0.1) is 0 Å². The molecule has 0 aromatic carbocycles. The fraction of sp³-hybridized carbons (Fsp3) is 1.00. The molecular weight excluding hydrogens is 160 g/mol. The molecule has 68 valence electrons. The van der Waals surface area contributed by atoms with Crippen LogP contribution in [0.5, 0.6) is 0 Å². The van der Waals surface area contributed by atoms with Crippen molar-refractivity contribution in [3.8, 4) is 0 Å². The molecular formula is C8H17O2S-. The molecule has 0 aliphatic heterocycles. The quantitative estimate of drug-likeness (QED) is 0.487. The van der Waals surface area contributed by atoms with Crippen LogP contribution in [-0.2, 0) is 11.1 Å². The highest BCUT2D eigenvalue weighted by Crippen LogP contribution is 2.21. The van der Waals surface area contributed by atoms with Crippen molar-refractivity contribution in [1.29, 1.82) is 0 Å². The van der Waals surface area contributed by atoms with Gasteiger partial charge in [-0.3, -0.25) is 4.21 Å². The van der Waals surface area contributed by atoms with E-state index >= 15 is 0 Å². The Morgan fingerprint density at radius 1 is 1.27 bits per heavy atom. The van der Waals surface area contributed by atoms with Crippen LogP contribution in [0.2, 0.25) is 0 Å². The second kappa shape index (κ2) is 4.88. The van der Waals surface area contributed by atoms with Gasteiger partial charge in [0.2, 0.25) is 0 Å². The summed E-state index contributed by atoms with van der Waals surface area (Å²) in [6.45, 7) is 6.50. The molecule has 0 saturated carbocycles. The van der Waals surface area contributed by atoms with Crippen LogP contribution in [-0.4, -0.2) is 14.5 Å². The molecule has 0 fully saturated rings. The maximum Gasteiger partial charge on any atom is 0.0102 e. The lowest BCUT2D eigenvalue weighted by atomic mass is 9.90. The van der Waals surface area contributed by atoms with E-state index in [1.807, 2.05) is 0 Å². The topological polar surface area (TPSA) is 40.1 Å². The van der Waals surface area contributed by atoms with Crippen molar-refractivity contribution in [3.05, 3.63) is 0 Å². The number of rotatable bonds is 4. The monoisotopic (exact) mass is 177 g/mol. The number of unbranched alkanes of at least 4 members (excludes halogenated alkanes) is 1. The lowest BCUT2D eigenvalue weighted by molar-refractivity contribution is 0.363. The molecule has 0 aromatic rings. The normalized spacial score (nSPS) is 14.9. The van der Waals surface area contributed by atoms with Crippen LogP contribution in [0, 0.1) is 5.41 Å². The van der Waals surface area contributed by atoms with E-state index in [2.05, 4.69) is 20.8 Å². The van der Waals surface area contributed by atoms with E-state index in [0.717, 1.165) is 19.3 Å². The fourth-order valence-corrected chi connectivity index (χ4v) is 1.32. The van der Waals surface area contributed by atoms with Crippen LogP contribution >= 0.6 is 0 Å². The Bertz CT molecular complexity index is 127. The molecule has 0 aliphatic rings. The summed E-state index contributed by atoms with van der Waals surface area (Å²) in [6.07, 6.45) is 2.91. The Morgan fingerprint density at radius 2 is 1.82 bits per heavy atom. The van der Waals surface area contributed by atoms with Crippen molar-refractivity contribution < 1.29 is 8.76 Å². The van der Waals surface area contributed by atoms with Crippen molar-refractivity contribution in [3.63, 3.8) is 0 Å². The zero-order chi connectivity index (χ0) is 8.91. The summed E-state index contributed by atoms with van der Waals surface area (Å²) in [4.78, 5) is 0. The number of hydrogen-bond donors (Lipinski definition) is 0. The molecule has 0 radical (unpaired) electrons. The van der Waals surface area contributed by atoms with Gasteiger partial charge in [-0.1, -0.05) is 38.3 Å². The Balaban J connectivity index is 3.22. The van der Waals surface area contributed by atoms with Crippen molar-refractivity contribution in [2.75, 3.05) is 5.75 Å². The maximum absolute atomic E-state index is 10.1. The molecule has 0 rings (SSSR count). The summed E-state index contributed by atoms with van der Waals surface area (Å²) < 4.78 is 20.2. The van der Waals surface area contributed by atoms with Gasteiger partial charge in [0.1, 0.15) is 0 Å². The SMILES string of the molecule is CC(C)(C)CCCCS(=O)[O-]. The largest absolute Gasteiger partial charge is 0.772 e. The van der Waals surface area contributed by atoms with E-state index in [-0.39, 0.29) is 0 Å². The first kappa shape index (κ1) is 11.1. The molecule has 0 heterocycles. The van der Waals surface area contributed by atoms with Gasteiger partial charge in [0.05, 0.1) is 0 Å². The lowest BCUT2D eigenvalue weighted by Gasteiger charge is -2.17. The van der Waals surface area contributed by atoms with Gasteiger partial charge >= 0.3 is 0 Å². The third kappa shape index (κ3) is 10.1. The highest BCUT2D eigenvalue weighted by Gasteiger charge is 2.08. The highest BCUT2D eigenvalue weighted by molar-refractivity contribution is 7.79. The standard InChI is InChI=1S/C8H18O2S/c1-8(2,3)6-4-5-7-11(9)10/h4-7H2,1-3H3,(H,9,10)/p-1. The molecule has 1 atom stereocenters. The Hall–Kier alpha value is 0.110. The molecule has 2 nitrogen and oxygen atoms in total. The molecule has 0 N–H and O–H groups in total. The molecule has 1 unspecified atom stereocenters. The predicted molar refractivity (Wildman–Crippen MR) is 47.1 cm³/mol. The van der Waals surface area contributed by atoms with Crippen LogP contribution in [0.25, 0.3) is 0 Å². The second-order valence-corrected chi connectivity index (χ2v) is 5.04. The fourth-order valence-electron chi connectivity index (χ4n) is 0.875. The minimum Gasteiger partial charge on any atom is -0.772 e. The zero-order valence-electron chi connectivity index (χ0n) is 7.55. The van der Waals surface area contributed by atoms with Crippen LogP contribution < -0.4 is 0 Å². The highest BCUT2D eigenvalue weighted by atomic mass is 32.2. The molecule has 0 aliphatic carbocycles. The first-order chi connectivity index (χ1) is 4.92. The van der Waals surface area contributed by atoms with Gasteiger partial charge in [0, 0.05) is 5.75 Å². The van der Waals surface area contributed by atoms with Gasteiger partial charge in [-0.25, -0.2) is 0 Å². The minimum atomic E-state index is -1.84. The Labute approximate surface area is 71.7 Å². The van der Waals surface area contributed by atoms with Crippen molar-refractivity contribution in [2.45, 2.75) is 40.0 Å². The molecule has 0 saturated heterocycles. The molecule has 0 spiro atoms. The summed E-state index contributed by atoms with van der Waals surface area (Å²) in [7, 11) is 0. The first-order valence-corrected chi connectivity index (χ1v) is 5.22. The molecule has 0 bridgehead atoms. The van der Waals surface area contributed by atoms with Gasteiger partial charge in [-0.05, 0) is 18.3 Å². The molecule has 11 heavy (non-hydrogen) atoms. The second-order valence-electron chi connectivity index (χ2n) is 4.03. The average molecular weight is 177 g/mol. The van der Waals surface area contributed by atoms with Crippen LogP contribution in [0.3, 0.4) is 0 Å². The van der Waals surface area contributed by atoms with E-state index in [1.54, 1.807) is 0 Å². The third-order valence-corrected chi connectivity index (χ3v) is 2.11. The summed E-state index contributed by atoms with van der Waals surface area (Å²) >= 11 is -1.84. The molecule has 3 heteroatoms. The van der Waals surface area contributed by atoms with E-state index in [4.69, 9.17) is 0 Å². The van der Waals surface area contributed by atoms with E-state index < -0.39 is 11.1 Å². The minimum absolute atomic E-state index is 0.316. The summed E-state index contributed by atoms with van der Waals surface area (Å²) in [5, 5.41) is 0. The summed E-state index contributed by atoms with van der Waals surface area (Å²) in [5.74, 6) is 0.316. The zero-order valence-corrected chi connectivity index (χ0v) is 8.37. The smallest absolute Gasteiger partial charge is 0.0102 e. The van der Waals surface area contributed by atoms with E-state index in [0.29, 0.717) is 11.2 Å². The third-order valence-electron chi connectivity index (χ3n) is 1.49. The maximum atomic E-state index is 10.1. The van der Waals surface area contributed by atoms with E-state index in [9.17, 15) is 8.76 Å². The van der Waals surface area contributed by atoms with Crippen molar-refractivity contribution in [2.24, 2.45) is 5.41 Å². The Kier molecular flexibility index (Phi) is 4.93. The van der Waals surface area contributed by atoms with Crippen molar-refractivity contribution in [1.82, 2.24) is 0 Å². The lowest BCUT2D eigenvalue weighted by Crippen LogP contribution is -2.05. The molecule has 0 amide bonds. The van der Waals surface area contributed by atoms with Gasteiger partial charge in [0.25, 0.3) is 0 Å². The Morgan fingerprint density at radius 3 is 2.18 bits per heavy atom. The van der Waals surface area contributed by atoms with Crippen LogP contribution in [0.1, 0.15) is 40.0 Å². The first-order valence-electron chi connectivity index (χ1n) is 3.98. The summed E-state index contributed by atoms with van der Waals surface area (Å²) in [6, 6.07) is 0. The predicted octanol–water partition coefficient (Wildman–Crippen LogP) is 2.08. The van der Waals surface area contributed by atoms with Gasteiger partial charge < -0.3 is 4.55 Å².